The van der Waals surface area contributed by atoms with Gasteiger partial charge < -0.3 is 4.90 Å². The van der Waals surface area contributed by atoms with Crippen LogP contribution in [0.1, 0.15) is 19.3 Å². The number of halogens is 3. The van der Waals surface area contributed by atoms with Crippen LogP contribution >= 0.6 is 0 Å². The predicted octanol–water partition coefficient (Wildman–Crippen LogP) is 1.09. The van der Waals surface area contributed by atoms with Gasteiger partial charge in [0.2, 0.25) is 15.9 Å². The van der Waals surface area contributed by atoms with Crippen LogP contribution in [0.25, 0.3) is 0 Å². The summed E-state index contributed by atoms with van der Waals surface area (Å²) in [4.78, 5) is 13.7. The van der Waals surface area contributed by atoms with Crippen molar-refractivity contribution in [2.24, 2.45) is 0 Å². The Balaban J connectivity index is 1.54. The van der Waals surface area contributed by atoms with Gasteiger partial charge >= 0.3 is 0 Å². The quantitative estimate of drug-likeness (QED) is 0.806. The Morgan fingerprint density at radius 1 is 1.19 bits per heavy atom. The molecule has 2 fully saturated rings. The molecular formula is C16H20F3N3O3S. The van der Waals surface area contributed by atoms with Gasteiger partial charge in [0.15, 0.2) is 0 Å². The average Bonchev–Trinajstić information content (AvgIpc) is 2.95. The molecule has 0 radical (unpaired) electrons. The van der Waals surface area contributed by atoms with Crippen molar-refractivity contribution in [1.29, 1.82) is 0 Å². The van der Waals surface area contributed by atoms with Crippen molar-refractivity contribution in [3.63, 3.8) is 0 Å². The predicted molar refractivity (Wildman–Crippen MR) is 87.7 cm³/mol. The van der Waals surface area contributed by atoms with Crippen LogP contribution in [0.3, 0.4) is 0 Å². The fraction of sp³-hybridized carbons (Fsp3) is 0.562. The number of alkyl halides is 2. The molecule has 0 bridgehead atoms. The molecule has 1 atom stereocenters. The molecule has 2 N–H and O–H groups in total. The number of hydrogen-bond donors (Lipinski definition) is 2. The first-order valence-electron chi connectivity index (χ1n) is 8.34. The fourth-order valence-corrected chi connectivity index (χ4v) is 4.53. The first kappa shape index (κ1) is 19.1. The van der Waals surface area contributed by atoms with Crippen LogP contribution in [0, 0.1) is 5.82 Å². The molecule has 6 nitrogen and oxygen atoms in total. The van der Waals surface area contributed by atoms with Crippen molar-refractivity contribution in [3.8, 4) is 0 Å². The maximum atomic E-state index is 13.2. The second-order valence-corrected chi connectivity index (χ2v) is 8.38. The Morgan fingerprint density at radius 2 is 1.81 bits per heavy atom. The summed E-state index contributed by atoms with van der Waals surface area (Å²) >= 11 is 0. The van der Waals surface area contributed by atoms with E-state index in [-0.39, 0.29) is 16.8 Å². The van der Waals surface area contributed by atoms with Gasteiger partial charge in [-0.25, -0.2) is 26.3 Å². The zero-order chi connectivity index (χ0) is 18.9. The monoisotopic (exact) mass is 391 g/mol. The molecule has 2 heterocycles. The van der Waals surface area contributed by atoms with Gasteiger partial charge in [0.25, 0.3) is 5.92 Å². The Hall–Kier alpha value is -1.65. The number of nitrogens with zero attached hydrogens (tertiary/aromatic N) is 1. The Bertz CT molecular complexity index is 763. The third-order valence-corrected chi connectivity index (χ3v) is 6.20. The van der Waals surface area contributed by atoms with E-state index < -0.39 is 40.8 Å². The highest BCUT2D eigenvalue weighted by Crippen LogP contribution is 2.27. The number of carbonyl (C=O) groups excluding carboxylic acids is 1. The van der Waals surface area contributed by atoms with Crippen LogP contribution in [0.5, 0.6) is 0 Å². The Kier molecular flexibility index (Phi) is 5.27. The van der Waals surface area contributed by atoms with Crippen LogP contribution in [-0.4, -0.2) is 56.9 Å². The number of nitrogens with one attached hydrogen (secondary N) is 2. The lowest BCUT2D eigenvalue weighted by Gasteiger charge is -2.33. The van der Waals surface area contributed by atoms with E-state index in [0.29, 0.717) is 25.9 Å². The van der Waals surface area contributed by atoms with Crippen LogP contribution in [0.15, 0.2) is 29.2 Å². The average molecular weight is 391 g/mol. The van der Waals surface area contributed by atoms with Crippen LogP contribution in [-0.2, 0) is 14.8 Å². The van der Waals surface area contributed by atoms with E-state index in [2.05, 4.69) is 10.0 Å². The molecule has 1 aromatic rings. The van der Waals surface area contributed by atoms with Crippen molar-refractivity contribution >= 4 is 15.9 Å². The molecular weight excluding hydrogens is 371 g/mol. The third kappa shape index (κ3) is 4.36. The molecule has 2 saturated heterocycles. The molecule has 3 rings (SSSR count). The summed E-state index contributed by atoms with van der Waals surface area (Å²) in [6.07, 6.45) is 0.257. The largest absolute Gasteiger partial charge is 0.341 e. The highest BCUT2D eigenvalue weighted by atomic mass is 32.2. The van der Waals surface area contributed by atoms with E-state index in [1.54, 1.807) is 0 Å². The first-order chi connectivity index (χ1) is 12.2. The summed E-state index contributed by atoms with van der Waals surface area (Å²) in [7, 11) is -3.78. The molecule has 26 heavy (non-hydrogen) atoms. The minimum Gasteiger partial charge on any atom is -0.341 e. The lowest BCUT2D eigenvalue weighted by atomic mass is 10.0. The number of carbonyl (C=O) groups is 1. The van der Waals surface area contributed by atoms with Crippen molar-refractivity contribution in [3.05, 3.63) is 30.1 Å². The number of hydrogen-bond acceptors (Lipinski definition) is 4. The Labute approximate surface area is 149 Å². The highest BCUT2D eigenvalue weighted by molar-refractivity contribution is 7.89. The van der Waals surface area contributed by atoms with Gasteiger partial charge in [-0.15, -0.1) is 0 Å². The van der Waals surface area contributed by atoms with Gasteiger partial charge in [0, 0.05) is 25.6 Å². The molecule has 0 aromatic heterocycles. The summed E-state index contributed by atoms with van der Waals surface area (Å²) in [6.45, 7) is 0.0791. The van der Waals surface area contributed by atoms with E-state index >= 15 is 0 Å². The molecule has 10 heteroatoms. The molecule has 1 unspecified atom stereocenters. The Morgan fingerprint density at radius 3 is 2.35 bits per heavy atom. The number of piperidine rings is 1. The highest BCUT2D eigenvalue weighted by Gasteiger charge is 2.44. The van der Waals surface area contributed by atoms with Crippen LogP contribution < -0.4 is 10.0 Å². The fourth-order valence-electron chi connectivity index (χ4n) is 3.23. The first-order valence-corrected chi connectivity index (χ1v) is 9.82. The topological polar surface area (TPSA) is 78.5 Å². The van der Waals surface area contributed by atoms with Gasteiger partial charge in [0.1, 0.15) is 5.82 Å². The second-order valence-electron chi connectivity index (χ2n) is 6.67. The molecule has 1 aromatic carbocycles. The zero-order valence-electron chi connectivity index (χ0n) is 13.9. The van der Waals surface area contributed by atoms with Gasteiger partial charge in [-0.3, -0.25) is 10.1 Å². The summed E-state index contributed by atoms with van der Waals surface area (Å²) in [5.41, 5.74) is 0. The van der Waals surface area contributed by atoms with Crippen molar-refractivity contribution in [2.75, 3.05) is 19.6 Å². The van der Waals surface area contributed by atoms with E-state index in [1.165, 1.54) is 17.0 Å². The number of likely N-dealkylation sites (tertiary alicyclic amines) is 1. The molecule has 0 aliphatic carbocycles. The van der Waals surface area contributed by atoms with E-state index in [9.17, 15) is 26.4 Å². The standard InChI is InChI=1S/C16H20F3N3O3S/c17-11-1-3-13(4-2-11)26(24,25)21-12-5-7-22(8-6-12)15(23)14-9-16(18,19)10-20-14/h1-4,12,14,20-21H,5-10H2. The van der Waals surface area contributed by atoms with Gasteiger partial charge in [-0.05, 0) is 37.1 Å². The third-order valence-electron chi connectivity index (χ3n) is 4.66. The van der Waals surface area contributed by atoms with Crippen LogP contribution in [0.4, 0.5) is 13.2 Å². The number of sulfonamides is 1. The molecule has 2 aliphatic rings. The lowest BCUT2D eigenvalue weighted by Crippen LogP contribution is -2.50. The summed E-state index contributed by atoms with van der Waals surface area (Å²) in [5, 5.41) is 2.54. The number of amides is 1. The van der Waals surface area contributed by atoms with E-state index in [4.69, 9.17) is 0 Å². The molecule has 2 aliphatic heterocycles. The molecule has 0 saturated carbocycles. The number of benzene rings is 1. The van der Waals surface area contributed by atoms with Gasteiger partial charge in [-0.1, -0.05) is 0 Å². The van der Waals surface area contributed by atoms with Crippen LogP contribution in [0.2, 0.25) is 0 Å². The molecule has 144 valence electrons. The smallest absolute Gasteiger partial charge is 0.262 e. The van der Waals surface area contributed by atoms with Gasteiger partial charge in [0.05, 0.1) is 17.5 Å². The molecule has 1 amide bonds. The van der Waals surface area contributed by atoms with Crippen molar-refractivity contribution < 1.29 is 26.4 Å². The van der Waals surface area contributed by atoms with E-state index in [1.807, 2.05) is 0 Å². The van der Waals surface area contributed by atoms with Crippen molar-refractivity contribution in [2.45, 2.75) is 42.2 Å². The SMILES string of the molecule is O=C(C1CC(F)(F)CN1)N1CCC(NS(=O)(=O)c2ccc(F)cc2)CC1. The summed E-state index contributed by atoms with van der Waals surface area (Å²) in [6, 6.07) is 3.25. The minimum absolute atomic E-state index is 0.0326. The second kappa shape index (κ2) is 7.16. The number of rotatable bonds is 4. The maximum absolute atomic E-state index is 13.2. The minimum atomic E-state index is -3.78. The van der Waals surface area contributed by atoms with E-state index in [0.717, 1.165) is 12.1 Å². The summed E-state index contributed by atoms with van der Waals surface area (Å²) < 4.78 is 66.5. The normalized spacial score (nSPS) is 24.0. The summed E-state index contributed by atoms with van der Waals surface area (Å²) in [5.74, 6) is -3.77. The van der Waals surface area contributed by atoms with Gasteiger partial charge in [-0.2, -0.15) is 0 Å². The zero-order valence-corrected chi connectivity index (χ0v) is 14.7. The lowest BCUT2D eigenvalue weighted by molar-refractivity contribution is -0.134. The molecule has 0 spiro atoms. The van der Waals surface area contributed by atoms with Crippen molar-refractivity contribution in [1.82, 2.24) is 14.9 Å². The maximum Gasteiger partial charge on any atom is 0.262 e.